The summed E-state index contributed by atoms with van der Waals surface area (Å²) in [5, 5.41) is 0. The molecule has 1 aliphatic rings. The monoisotopic (exact) mass is 244 g/mol. The normalized spacial score (nSPS) is 19.1. The first kappa shape index (κ1) is 14.9. The van der Waals surface area contributed by atoms with E-state index in [1.54, 1.807) is 0 Å². The Hall–Kier alpha value is -0.160. The van der Waals surface area contributed by atoms with E-state index < -0.39 is 0 Å². The Labute approximate surface area is 106 Å². The standard InChI is InChI=1S/C13H28N2O2/c1-4-16-11-12-17-10-9-14-5-7-15(8-6-14)13(2)3/h13H,4-12H2,1-3H3. The van der Waals surface area contributed by atoms with Crippen LogP contribution in [0.2, 0.25) is 0 Å². The van der Waals surface area contributed by atoms with Crippen LogP contribution < -0.4 is 0 Å². The summed E-state index contributed by atoms with van der Waals surface area (Å²) in [6, 6.07) is 0.680. The summed E-state index contributed by atoms with van der Waals surface area (Å²) in [4.78, 5) is 5.02. The van der Waals surface area contributed by atoms with Crippen molar-refractivity contribution >= 4 is 0 Å². The predicted octanol–water partition coefficient (Wildman–Crippen LogP) is 1.07. The van der Waals surface area contributed by atoms with Crippen LogP contribution in [0.4, 0.5) is 0 Å². The lowest BCUT2D eigenvalue weighted by Gasteiger charge is -2.36. The van der Waals surface area contributed by atoms with Gasteiger partial charge in [0.1, 0.15) is 0 Å². The molecule has 0 saturated carbocycles. The molecule has 0 spiro atoms. The van der Waals surface area contributed by atoms with Crippen molar-refractivity contribution < 1.29 is 9.47 Å². The summed E-state index contributed by atoms with van der Waals surface area (Å²) < 4.78 is 10.8. The first-order chi connectivity index (χ1) is 8.24. The SMILES string of the molecule is CCOCCOCCN1CCN(C(C)C)CC1. The molecule has 0 unspecified atom stereocenters. The van der Waals surface area contributed by atoms with Crippen LogP contribution in [-0.2, 0) is 9.47 Å². The van der Waals surface area contributed by atoms with Gasteiger partial charge in [0.2, 0.25) is 0 Å². The lowest BCUT2D eigenvalue weighted by atomic mass is 10.2. The molecule has 1 fully saturated rings. The van der Waals surface area contributed by atoms with Gasteiger partial charge in [0.15, 0.2) is 0 Å². The van der Waals surface area contributed by atoms with Gasteiger partial charge in [0, 0.05) is 45.4 Å². The van der Waals surface area contributed by atoms with Gasteiger partial charge < -0.3 is 9.47 Å². The molecule has 0 atom stereocenters. The second kappa shape index (κ2) is 8.86. The predicted molar refractivity (Wildman–Crippen MR) is 70.5 cm³/mol. The van der Waals surface area contributed by atoms with Crippen molar-refractivity contribution in [2.75, 3.05) is 59.2 Å². The Morgan fingerprint density at radius 3 is 2.18 bits per heavy atom. The molecule has 1 rings (SSSR count). The van der Waals surface area contributed by atoms with Crippen molar-refractivity contribution in [1.82, 2.24) is 9.80 Å². The summed E-state index contributed by atoms with van der Waals surface area (Å²) in [5.74, 6) is 0. The highest BCUT2D eigenvalue weighted by Gasteiger charge is 2.17. The van der Waals surface area contributed by atoms with Crippen molar-refractivity contribution in [1.29, 1.82) is 0 Å². The van der Waals surface area contributed by atoms with E-state index in [1.807, 2.05) is 6.92 Å². The van der Waals surface area contributed by atoms with Crippen LogP contribution in [0.25, 0.3) is 0 Å². The maximum atomic E-state index is 5.53. The number of rotatable bonds is 8. The zero-order valence-corrected chi connectivity index (χ0v) is 11.7. The van der Waals surface area contributed by atoms with Crippen molar-refractivity contribution in [2.45, 2.75) is 26.8 Å². The van der Waals surface area contributed by atoms with Crippen LogP contribution in [0.1, 0.15) is 20.8 Å². The van der Waals surface area contributed by atoms with Crippen molar-refractivity contribution in [3.63, 3.8) is 0 Å². The van der Waals surface area contributed by atoms with Gasteiger partial charge in [-0.1, -0.05) is 0 Å². The van der Waals surface area contributed by atoms with Crippen molar-refractivity contribution in [2.24, 2.45) is 0 Å². The Bertz CT molecular complexity index is 180. The van der Waals surface area contributed by atoms with Gasteiger partial charge in [-0.05, 0) is 20.8 Å². The highest BCUT2D eigenvalue weighted by atomic mass is 16.5. The van der Waals surface area contributed by atoms with Crippen molar-refractivity contribution in [3.8, 4) is 0 Å². The number of piperazine rings is 1. The number of hydrogen-bond acceptors (Lipinski definition) is 4. The van der Waals surface area contributed by atoms with E-state index in [4.69, 9.17) is 9.47 Å². The van der Waals surface area contributed by atoms with E-state index in [2.05, 4.69) is 23.6 Å². The molecule has 4 nitrogen and oxygen atoms in total. The average molecular weight is 244 g/mol. The molecule has 0 aromatic carbocycles. The van der Waals surface area contributed by atoms with Gasteiger partial charge in [0.25, 0.3) is 0 Å². The highest BCUT2D eigenvalue weighted by Crippen LogP contribution is 2.05. The van der Waals surface area contributed by atoms with Crippen LogP contribution in [0.15, 0.2) is 0 Å². The van der Waals surface area contributed by atoms with Gasteiger partial charge in [-0.25, -0.2) is 0 Å². The maximum Gasteiger partial charge on any atom is 0.0701 e. The molecule has 4 heteroatoms. The first-order valence-electron chi connectivity index (χ1n) is 6.86. The molecule has 0 amide bonds. The molecule has 102 valence electrons. The van der Waals surface area contributed by atoms with Crippen LogP contribution in [-0.4, -0.2) is 75.0 Å². The average Bonchev–Trinajstić information content (AvgIpc) is 2.34. The molecule has 0 aliphatic carbocycles. The third-order valence-electron chi connectivity index (χ3n) is 3.27. The second-order valence-corrected chi connectivity index (χ2v) is 4.78. The van der Waals surface area contributed by atoms with Gasteiger partial charge in [-0.2, -0.15) is 0 Å². The Kier molecular flexibility index (Phi) is 7.77. The summed E-state index contributed by atoms with van der Waals surface area (Å²) in [5.41, 5.74) is 0. The molecule has 0 aromatic heterocycles. The van der Waals surface area contributed by atoms with Gasteiger partial charge in [0.05, 0.1) is 19.8 Å². The van der Waals surface area contributed by atoms with Crippen LogP contribution in [0, 0.1) is 0 Å². The number of hydrogen-bond donors (Lipinski definition) is 0. The largest absolute Gasteiger partial charge is 0.379 e. The van der Waals surface area contributed by atoms with Crippen LogP contribution >= 0.6 is 0 Å². The van der Waals surface area contributed by atoms with E-state index in [1.165, 1.54) is 26.2 Å². The van der Waals surface area contributed by atoms with E-state index in [0.717, 1.165) is 33.0 Å². The fourth-order valence-corrected chi connectivity index (χ4v) is 2.06. The highest BCUT2D eigenvalue weighted by molar-refractivity contribution is 4.73. The minimum absolute atomic E-state index is 0.680. The van der Waals surface area contributed by atoms with Crippen LogP contribution in [0.3, 0.4) is 0 Å². The third kappa shape index (κ3) is 6.36. The zero-order valence-electron chi connectivity index (χ0n) is 11.7. The van der Waals surface area contributed by atoms with Crippen LogP contribution in [0.5, 0.6) is 0 Å². The quantitative estimate of drug-likeness (QED) is 0.596. The molecule has 0 bridgehead atoms. The summed E-state index contributed by atoms with van der Waals surface area (Å²) in [6.07, 6.45) is 0. The molecule has 0 radical (unpaired) electrons. The molecule has 0 aromatic rings. The molecule has 0 N–H and O–H groups in total. The molecule has 1 aliphatic heterocycles. The lowest BCUT2D eigenvalue weighted by Crippen LogP contribution is -2.49. The zero-order chi connectivity index (χ0) is 12.5. The Balaban J connectivity index is 1.95. The van der Waals surface area contributed by atoms with Crippen molar-refractivity contribution in [3.05, 3.63) is 0 Å². The topological polar surface area (TPSA) is 24.9 Å². The summed E-state index contributed by atoms with van der Waals surface area (Å²) >= 11 is 0. The maximum absolute atomic E-state index is 5.53. The molecule has 1 saturated heterocycles. The molecular weight excluding hydrogens is 216 g/mol. The van der Waals surface area contributed by atoms with E-state index in [0.29, 0.717) is 6.04 Å². The summed E-state index contributed by atoms with van der Waals surface area (Å²) in [6.45, 7) is 15.4. The molecular formula is C13H28N2O2. The lowest BCUT2D eigenvalue weighted by molar-refractivity contribution is 0.0325. The minimum Gasteiger partial charge on any atom is -0.379 e. The minimum atomic E-state index is 0.680. The van der Waals surface area contributed by atoms with Gasteiger partial charge >= 0.3 is 0 Å². The van der Waals surface area contributed by atoms with E-state index in [-0.39, 0.29) is 0 Å². The third-order valence-corrected chi connectivity index (χ3v) is 3.27. The smallest absolute Gasteiger partial charge is 0.0701 e. The second-order valence-electron chi connectivity index (χ2n) is 4.78. The van der Waals surface area contributed by atoms with Gasteiger partial charge in [-0.15, -0.1) is 0 Å². The molecule has 1 heterocycles. The Morgan fingerprint density at radius 1 is 0.941 bits per heavy atom. The van der Waals surface area contributed by atoms with Gasteiger partial charge in [-0.3, -0.25) is 9.80 Å². The van der Waals surface area contributed by atoms with E-state index >= 15 is 0 Å². The summed E-state index contributed by atoms with van der Waals surface area (Å²) in [7, 11) is 0. The number of ether oxygens (including phenoxy) is 2. The fourth-order valence-electron chi connectivity index (χ4n) is 2.06. The molecule has 17 heavy (non-hydrogen) atoms. The van der Waals surface area contributed by atoms with E-state index in [9.17, 15) is 0 Å². The fraction of sp³-hybridized carbons (Fsp3) is 1.00. The first-order valence-corrected chi connectivity index (χ1v) is 6.86. The number of nitrogens with zero attached hydrogens (tertiary/aromatic N) is 2. The Morgan fingerprint density at radius 2 is 1.59 bits per heavy atom.